The average Bonchev–Trinajstić information content (AvgIpc) is 2.55. The van der Waals surface area contributed by atoms with Crippen molar-refractivity contribution in [1.29, 1.82) is 0 Å². The third-order valence-electron chi connectivity index (χ3n) is 3.54. The normalized spacial score (nSPS) is 10.4. The van der Waals surface area contributed by atoms with Crippen molar-refractivity contribution in [2.24, 2.45) is 0 Å². The van der Waals surface area contributed by atoms with Crippen molar-refractivity contribution in [2.45, 2.75) is 20.8 Å². The number of carboxylic acids is 1. The second-order valence-electron chi connectivity index (χ2n) is 5.44. The predicted octanol–water partition coefficient (Wildman–Crippen LogP) is 4.51. The van der Waals surface area contributed by atoms with Crippen molar-refractivity contribution in [2.75, 3.05) is 19.8 Å². The van der Waals surface area contributed by atoms with Crippen LogP contribution in [0.5, 0.6) is 17.2 Å². The van der Waals surface area contributed by atoms with Gasteiger partial charge in [0.2, 0.25) is 0 Å². The highest BCUT2D eigenvalue weighted by Gasteiger charge is 2.16. The Balaban J connectivity index is 2.06. The maximum absolute atomic E-state index is 11.1. The fraction of sp³-hybridized carbons (Fsp3) is 0.316. The topological polar surface area (TPSA) is 65.0 Å². The highest BCUT2D eigenvalue weighted by molar-refractivity contribution is 6.32. The number of hydrogen-bond donors (Lipinski definition) is 1. The molecule has 1 N–H and O–H groups in total. The van der Waals surface area contributed by atoms with Crippen LogP contribution in [0, 0.1) is 13.8 Å². The first-order chi connectivity index (χ1) is 11.9. The van der Waals surface area contributed by atoms with Gasteiger partial charge in [0.1, 0.15) is 19.0 Å². The van der Waals surface area contributed by atoms with Gasteiger partial charge in [-0.25, -0.2) is 4.79 Å². The molecular weight excluding hydrogens is 344 g/mol. The third kappa shape index (κ3) is 4.79. The molecule has 0 aliphatic carbocycles. The van der Waals surface area contributed by atoms with E-state index in [9.17, 15) is 4.79 Å². The molecule has 0 atom stereocenters. The molecule has 0 heterocycles. The van der Waals surface area contributed by atoms with Crippen LogP contribution in [0.3, 0.4) is 0 Å². The zero-order chi connectivity index (χ0) is 18.4. The first-order valence-electron chi connectivity index (χ1n) is 7.95. The maximum Gasteiger partial charge on any atom is 0.335 e. The first kappa shape index (κ1) is 18.9. The molecule has 0 aliphatic heterocycles. The van der Waals surface area contributed by atoms with E-state index in [0.29, 0.717) is 24.7 Å². The molecule has 25 heavy (non-hydrogen) atoms. The number of rotatable bonds is 8. The second-order valence-corrected chi connectivity index (χ2v) is 5.85. The molecule has 0 aromatic heterocycles. The number of aromatic carboxylic acids is 1. The maximum atomic E-state index is 11.1. The van der Waals surface area contributed by atoms with Crippen LogP contribution in [0.15, 0.2) is 30.3 Å². The van der Waals surface area contributed by atoms with Gasteiger partial charge >= 0.3 is 5.97 Å². The van der Waals surface area contributed by atoms with Crippen LogP contribution in [-0.4, -0.2) is 30.9 Å². The number of halogens is 1. The average molecular weight is 365 g/mol. The standard InChI is InChI=1S/C19H21ClO5/c1-4-23-16-11-14(19(21)22)10-15(20)18(16)25-9-8-24-17-12(2)6-5-7-13(17)3/h5-7,10-11H,4,8-9H2,1-3H3,(H,21,22). The smallest absolute Gasteiger partial charge is 0.335 e. The van der Waals surface area contributed by atoms with Gasteiger partial charge in [-0.1, -0.05) is 29.8 Å². The molecule has 0 unspecified atom stereocenters. The quantitative estimate of drug-likeness (QED) is 0.698. The Kier molecular flexibility index (Phi) is 6.53. The van der Waals surface area contributed by atoms with Crippen molar-refractivity contribution in [3.05, 3.63) is 52.0 Å². The highest BCUT2D eigenvalue weighted by atomic mass is 35.5. The van der Waals surface area contributed by atoms with E-state index < -0.39 is 5.97 Å². The van der Waals surface area contributed by atoms with Crippen LogP contribution in [-0.2, 0) is 0 Å². The van der Waals surface area contributed by atoms with Crippen molar-refractivity contribution in [3.8, 4) is 17.2 Å². The van der Waals surface area contributed by atoms with E-state index in [-0.39, 0.29) is 17.2 Å². The summed E-state index contributed by atoms with van der Waals surface area (Å²) in [4.78, 5) is 11.1. The Morgan fingerprint density at radius 2 is 1.64 bits per heavy atom. The van der Waals surface area contributed by atoms with Crippen LogP contribution < -0.4 is 14.2 Å². The van der Waals surface area contributed by atoms with Gasteiger partial charge in [0.15, 0.2) is 11.5 Å². The number of ether oxygens (including phenoxy) is 3. The van der Waals surface area contributed by atoms with Gasteiger partial charge in [0.05, 0.1) is 17.2 Å². The van der Waals surface area contributed by atoms with Crippen LogP contribution in [0.25, 0.3) is 0 Å². The Morgan fingerprint density at radius 3 is 2.20 bits per heavy atom. The van der Waals surface area contributed by atoms with E-state index in [1.54, 1.807) is 6.92 Å². The Labute approximate surface area is 152 Å². The summed E-state index contributed by atoms with van der Waals surface area (Å²) in [6.45, 7) is 6.72. The largest absolute Gasteiger partial charge is 0.490 e. The molecule has 5 nitrogen and oxygen atoms in total. The molecule has 0 bridgehead atoms. The molecule has 0 radical (unpaired) electrons. The lowest BCUT2D eigenvalue weighted by Crippen LogP contribution is -2.11. The number of para-hydroxylation sites is 1. The molecule has 0 saturated heterocycles. The molecule has 6 heteroatoms. The molecule has 0 spiro atoms. The molecule has 2 rings (SSSR count). The SMILES string of the molecule is CCOc1cc(C(=O)O)cc(Cl)c1OCCOc1c(C)cccc1C. The van der Waals surface area contributed by atoms with Crippen molar-refractivity contribution < 1.29 is 24.1 Å². The minimum absolute atomic E-state index is 0.0487. The van der Waals surface area contributed by atoms with Gasteiger partial charge in [-0.05, 0) is 44.0 Å². The molecule has 0 fully saturated rings. The monoisotopic (exact) mass is 364 g/mol. The van der Waals surface area contributed by atoms with Gasteiger partial charge in [0, 0.05) is 0 Å². The lowest BCUT2D eigenvalue weighted by Gasteiger charge is -2.16. The van der Waals surface area contributed by atoms with E-state index in [1.807, 2.05) is 32.0 Å². The molecule has 2 aromatic rings. The van der Waals surface area contributed by atoms with Gasteiger partial charge in [-0.15, -0.1) is 0 Å². The van der Waals surface area contributed by atoms with E-state index in [2.05, 4.69) is 0 Å². The van der Waals surface area contributed by atoms with Crippen LogP contribution >= 0.6 is 11.6 Å². The molecule has 134 valence electrons. The Morgan fingerprint density at radius 1 is 1.04 bits per heavy atom. The fourth-order valence-electron chi connectivity index (χ4n) is 2.41. The fourth-order valence-corrected chi connectivity index (χ4v) is 2.67. The van der Waals surface area contributed by atoms with E-state index in [4.69, 9.17) is 30.9 Å². The summed E-state index contributed by atoms with van der Waals surface area (Å²) in [7, 11) is 0. The second kappa shape index (κ2) is 8.62. The summed E-state index contributed by atoms with van der Waals surface area (Å²) in [5, 5.41) is 9.30. The Hall–Kier alpha value is -2.40. The van der Waals surface area contributed by atoms with Crippen LogP contribution in [0.2, 0.25) is 5.02 Å². The van der Waals surface area contributed by atoms with Crippen LogP contribution in [0.1, 0.15) is 28.4 Å². The number of hydrogen-bond acceptors (Lipinski definition) is 4. The lowest BCUT2D eigenvalue weighted by molar-refractivity contribution is 0.0696. The minimum Gasteiger partial charge on any atom is -0.490 e. The van der Waals surface area contributed by atoms with Gasteiger partial charge in [0.25, 0.3) is 0 Å². The van der Waals surface area contributed by atoms with Crippen molar-refractivity contribution >= 4 is 17.6 Å². The third-order valence-corrected chi connectivity index (χ3v) is 3.82. The zero-order valence-electron chi connectivity index (χ0n) is 14.5. The molecule has 0 amide bonds. The summed E-state index contributed by atoms with van der Waals surface area (Å²) in [6.07, 6.45) is 0. The minimum atomic E-state index is -1.08. The molecule has 0 aliphatic rings. The van der Waals surface area contributed by atoms with E-state index in [1.165, 1.54) is 12.1 Å². The van der Waals surface area contributed by atoms with E-state index >= 15 is 0 Å². The molecular formula is C19H21ClO5. The number of benzene rings is 2. The van der Waals surface area contributed by atoms with Gasteiger partial charge in [-0.2, -0.15) is 0 Å². The molecule has 2 aromatic carbocycles. The van der Waals surface area contributed by atoms with E-state index in [0.717, 1.165) is 16.9 Å². The van der Waals surface area contributed by atoms with Crippen LogP contribution in [0.4, 0.5) is 0 Å². The van der Waals surface area contributed by atoms with Crippen molar-refractivity contribution in [1.82, 2.24) is 0 Å². The summed E-state index contributed by atoms with van der Waals surface area (Å²) < 4.78 is 16.9. The first-order valence-corrected chi connectivity index (χ1v) is 8.33. The summed E-state index contributed by atoms with van der Waals surface area (Å²) in [5.41, 5.74) is 2.16. The zero-order valence-corrected chi connectivity index (χ0v) is 15.2. The number of aryl methyl sites for hydroxylation is 2. The van der Waals surface area contributed by atoms with Crippen molar-refractivity contribution in [3.63, 3.8) is 0 Å². The number of carboxylic acid groups (broad SMARTS) is 1. The number of carbonyl (C=O) groups is 1. The Bertz CT molecular complexity index is 737. The summed E-state index contributed by atoms with van der Waals surface area (Å²) >= 11 is 6.15. The highest BCUT2D eigenvalue weighted by Crippen LogP contribution is 2.36. The van der Waals surface area contributed by atoms with Gasteiger partial charge in [-0.3, -0.25) is 0 Å². The summed E-state index contributed by atoms with van der Waals surface area (Å²) in [5.74, 6) is 0.384. The predicted molar refractivity (Wildman–Crippen MR) is 96.5 cm³/mol. The van der Waals surface area contributed by atoms with Gasteiger partial charge < -0.3 is 19.3 Å². The lowest BCUT2D eigenvalue weighted by atomic mass is 10.1. The molecule has 0 saturated carbocycles. The summed E-state index contributed by atoms with van der Waals surface area (Å²) in [6, 6.07) is 8.69.